The average Bonchev–Trinajstić information content (AvgIpc) is 3.34. The number of fused-ring (bicyclic) bond motifs is 2. The highest BCUT2D eigenvalue weighted by Crippen LogP contribution is 2.54. The van der Waals surface area contributed by atoms with Crippen molar-refractivity contribution in [2.45, 2.75) is 75.3 Å². The molecule has 1 unspecified atom stereocenters. The van der Waals surface area contributed by atoms with Crippen LogP contribution in [0.2, 0.25) is 4.34 Å². The second-order valence-corrected chi connectivity index (χ2v) is 10.3. The Balaban J connectivity index is 1.39. The first-order valence-electron chi connectivity index (χ1n) is 10.4. The first-order valence-corrected chi connectivity index (χ1v) is 11.6. The van der Waals surface area contributed by atoms with Crippen LogP contribution in [0.1, 0.15) is 61.2 Å². The zero-order valence-corrected chi connectivity index (χ0v) is 18.3. The van der Waals surface area contributed by atoms with E-state index < -0.39 is 18.1 Å². The van der Waals surface area contributed by atoms with E-state index in [1.54, 1.807) is 0 Å². The number of thiophene rings is 1. The standard InChI is InChI=1S/C20H25ClF2N4O2S/c1-12-7-19(18-14(6-17(21)30-18)20(22,23)11-29-19)8-15(24-12)16-10-27(26-25-16)9-13-4-2-3-5-28-13/h6,10,12-13,15,24H,2-5,7-9,11H2,1H3/t12-,13?,15-,19-/m0/s1. The van der Waals surface area contributed by atoms with Crippen molar-refractivity contribution in [1.29, 1.82) is 0 Å². The molecule has 1 spiro atoms. The molecule has 0 aliphatic carbocycles. The zero-order valence-electron chi connectivity index (χ0n) is 16.7. The van der Waals surface area contributed by atoms with Crippen molar-refractivity contribution in [3.63, 3.8) is 0 Å². The van der Waals surface area contributed by atoms with Gasteiger partial charge in [-0.3, -0.25) is 0 Å². The Labute approximate surface area is 182 Å². The molecule has 6 nitrogen and oxygen atoms in total. The van der Waals surface area contributed by atoms with Crippen LogP contribution in [-0.2, 0) is 27.5 Å². The predicted molar refractivity (Wildman–Crippen MR) is 109 cm³/mol. The van der Waals surface area contributed by atoms with E-state index in [9.17, 15) is 8.78 Å². The quantitative estimate of drug-likeness (QED) is 0.739. The maximum absolute atomic E-state index is 14.5. The molecule has 3 aliphatic rings. The lowest BCUT2D eigenvalue weighted by Crippen LogP contribution is -2.51. The summed E-state index contributed by atoms with van der Waals surface area (Å²) in [6.45, 7) is 2.88. The van der Waals surface area contributed by atoms with Crippen LogP contribution in [0.4, 0.5) is 8.78 Å². The van der Waals surface area contributed by atoms with E-state index in [-0.39, 0.29) is 23.8 Å². The number of ether oxygens (including phenoxy) is 2. The summed E-state index contributed by atoms with van der Waals surface area (Å²) in [6.07, 6.45) is 6.52. The number of alkyl halides is 2. The highest BCUT2D eigenvalue weighted by atomic mass is 35.5. The second-order valence-electron chi connectivity index (χ2n) is 8.66. The number of hydrogen-bond donors (Lipinski definition) is 1. The van der Waals surface area contributed by atoms with Gasteiger partial charge in [-0.05, 0) is 38.7 Å². The molecule has 3 aliphatic heterocycles. The number of aromatic nitrogens is 3. The Bertz CT molecular complexity index is 917. The number of rotatable bonds is 3. The largest absolute Gasteiger partial charge is 0.376 e. The third-order valence-electron chi connectivity index (χ3n) is 6.27. The summed E-state index contributed by atoms with van der Waals surface area (Å²) in [4.78, 5) is 0.546. The summed E-state index contributed by atoms with van der Waals surface area (Å²) in [7, 11) is 0. The van der Waals surface area contributed by atoms with Crippen LogP contribution in [0.15, 0.2) is 12.3 Å². The summed E-state index contributed by atoms with van der Waals surface area (Å²) in [6, 6.07) is 1.32. The van der Waals surface area contributed by atoms with Crippen molar-refractivity contribution in [3.8, 4) is 0 Å². The minimum Gasteiger partial charge on any atom is -0.376 e. The van der Waals surface area contributed by atoms with E-state index in [2.05, 4.69) is 15.6 Å². The molecule has 2 aromatic rings. The van der Waals surface area contributed by atoms with Gasteiger partial charge in [0.1, 0.15) is 12.2 Å². The van der Waals surface area contributed by atoms with Crippen molar-refractivity contribution in [2.75, 3.05) is 13.2 Å². The smallest absolute Gasteiger partial charge is 0.297 e. The molecule has 2 saturated heterocycles. The van der Waals surface area contributed by atoms with Crippen LogP contribution in [0.3, 0.4) is 0 Å². The van der Waals surface area contributed by atoms with Crippen molar-refractivity contribution >= 4 is 22.9 Å². The lowest BCUT2D eigenvalue weighted by Gasteiger charge is -2.47. The van der Waals surface area contributed by atoms with Crippen molar-refractivity contribution in [1.82, 2.24) is 20.3 Å². The van der Waals surface area contributed by atoms with Crippen LogP contribution in [0.25, 0.3) is 0 Å². The van der Waals surface area contributed by atoms with Crippen LogP contribution < -0.4 is 5.32 Å². The first-order chi connectivity index (χ1) is 14.3. The molecule has 2 aromatic heterocycles. The molecule has 30 heavy (non-hydrogen) atoms. The monoisotopic (exact) mass is 458 g/mol. The summed E-state index contributed by atoms with van der Waals surface area (Å²) >= 11 is 7.34. The Morgan fingerprint density at radius 3 is 3.03 bits per heavy atom. The second kappa shape index (κ2) is 7.78. The van der Waals surface area contributed by atoms with Gasteiger partial charge in [0.2, 0.25) is 0 Å². The molecule has 0 radical (unpaired) electrons. The molecular formula is C20H25ClF2N4O2S. The topological polar surface area (TPSA) is 61.2 Å². The fraction of sp³-hybridized carbons (Fsp3) is 0.700. The van der Waals surface area contributed by atoms with E-state index in [1.807, 2.05) is 17.8 Å². The van der Waals surface area contributed by atoms with Crippen molar-refractivity contribution in [2.24, 2.45) is 0 Å². The third-order valence-corrected chi connectivity index (χ3v) is 7.72. The van der Waals surface area contributed by atoms with Gasteiger partial charge in [0.25, 0.3) is 5.92 Å². The Hall–Kier alpha value is -1.13. The molecule has 164 valence electrons. The summed E-state index contributed by atoms with van der Waals surface area (Å²) in [5, 5.41) is 12.2. The van der Waals surface area contributed by atoms with E-state index in [0.717, 1.165) is 25.1 Å². The van der Waals surface area contributed by atoms with Gasteiger partial charge in [-0.25, -0.2) is 4.68 Å². The van der Waals surface area contributed by atoms with Gasteiger partial charge >= 0.3 is 0 Å². The normalized spacial score (nSPS) is 33.5. The fourth-order valence-electron chi connectivity index (χ4n) is 4.93. The predicted octanol–water partition coefficient (Wildman–Crippen LogP) is 4.39. The van der Waals surface area contributed by atoms with Crippen LogP contribution in [0, 0.1) is 0 Å². The minimum absolute atomic E-state index is 0.00898. The van der Waals surface area contributed by atoms with Gasteiger partial charge in [0, 0.05) is 29.5 Å². The number of piperidine rings is 1. The lowest BCUT2D eigenvalue weighted by atomic mass is 9.78. The summed E-state index contributed by atoms with van der Waals surface area (Å²) in [5.41, 5.74) is 0.0111. The van der Waals surface area contributed by atoms with Gasteiger partial charge in [-0.2, -0.15) is 8.78 Å². The van der Waals surface area contributed by atoms with Gasteiger partial charge in [0.05, 0.1) is 34.9 Å². The van der Waals surface area contributed by atoms with E-state index in [4.69, 9.17) is 21.1 Å². The molecule has 4 atom stereocenters. The fourth-order valence-corrected chi connectivity index (χ4v) is 6.37. The molecule has 0 amide bonds. The SMILES string of the molecule is C[C@H]1C[C@@]2(C[C@@H](c3cn(CC4CCCCO4)nn3)N1)OCC(F)(F)c1cc(Cl)sc12. The average molecular weight is 459 g/mol. The van der Waals surface area contributed by atoms with E-state index in [0.29, 0.717) is 28.6 Å². The number of hydrogen-bond acceptors (Lipinski definition) is 6. The van der Waals surface area contributed by atoms with E-state index in [1.165, 1.54) is 23.8 Å². The van der Waals surface area contributed by atoms with E-state index >= 15 is 0 Å². The number of nitrogens with one attached hydrogen (secondary N) is 1. The van der Waals surface area contributed by atoms with Crippen LogP contribution in [0.5, 0.6) is 0 Å². The lowest BCUT2D eigenvalue weighted by molar-refractivity contribution is -0.183. The van der Waals surface area contributed by atoms with Gasteiger partial charge in [-0.1, -0.05) is 16.8 Å². The summed E-state index contributed by atoms with van der Waals surface area (Å²) in [5.74, 6) is -3.02. The number of nitrogens with zero attached hydrogens (tertiary/aromatic N) is 3. The molecule has 5 rings (SSSR count). The molecule has 0 aromatic carbocycles. The Morgan fingerprint density at radius 1 is 1.37 bits per heavy atom. The zero-order chi connectivity index (χ0) is 20.9. The molecule has 2 fully saturated rings. The third kappa shape index (κ3) is 3.79. The van der Waals surface area contributed by atoms with Crippen LogP contribution >= 0.6 is 22.9 Å². The number of halogens is 3. The summed E-state index contributed by atoms with van der Waals surface area (Å²) < 4.78 is 42.8. The maximum atomic E-state index is 14.5. The minimum atomic E-state index is -3.02. The van der Waals surface area contributed by atoms with Crippen molar-refractivity contribution in [3.05, 3.63) is 32.7 Å². The molecule has 0 saturated carbocycles. The Kier molecular flexibility index (Phi) is 5.38. The van der Waals surface area contributed by atoms with Crippen LogP contribution in [-0.4, -0.2) is 40.4 Å². The van der Waals surface area contributed by atoms with Gasteiger partial charge in [-0.15, -0.1) is 16.4 Å². The molecular weight excluding hydrogens is 434 g/mol. The van der Waals surface area contributed by atoms with Crippen molar-refractivity contribution < 1.29 is 18.3 Å². The molecule has 10 heteroatoms. The Morgan fingerprint density at radius 2 is 2.23 bits per heavy atom. The first kappa shape index (κ1) is 20.8. The molecule has 0 bridgehead atoms. The maximum Gasteiger partial charge on any atom is 0.297 e. The molecule has 5 heterocycles. The van der Waals surface area contributed by atoms with Gasteiger partial charge < -0.3 is 14.8 Å². The van der Waals surface area contributed by atoms with Gasteiger partial charge in [0.15, 0.2) is 0 Å². The molecule has 1 N–H and O–H groups in total. The highest BCUT2D eigenvalue weighted by molar-refractivity contribution is 7.16. The highest BCUT2D eigenvalue weighted by Gasteiger charge is 2.53.